The van der Waals surface area contributed by atoms with E-state index in [0.29, 0.717) is 0 Å². The molecule has 0 saturated carbocycles. The summed E-state index contributed by atoms with van der Waals surface area (Å²) in [5.74, 6) is 0. The summed E-state index contributed by atoms with van der Waals surface area (Å²) in [6.07, 6.45) is 0. The molecule has 0 aliphatic carbocycles. The summed E-state index contributed by atoms with van der Waals surface area (Å²) < 4.78 is 0. The molecular formula is C2H6O3Rf2. The molecule has 0 amide bonds. The molecule has 0 saturated heterocycles. The van der Waals surface area contributed by atoms with E-state index in [1.54, 1.807) is 0 Å². The largest absolute Gasteiger partial charge is 0.394 e. The maximum atomic E-state index is 7.78. The molecule has 0 spiro atoms. The molecule has 0 heterocycles. The maximum Gasteiger partial charge on any atom is 0.105 e. The van der Waals surface area contributed by atoms with Crippen LogP contribution in [-0.4, -0.2) is 23.6 Å². The second kappa shape index (κ2) is 41.6. The molecule has 0 rings (SSSR count). The minimum atomic E-state index is -0.128. The van der Waals surface area contributed by atoms with Gasteiger partial charge in [-0.25, -0.2) is 4.89 Å². The van der Waals surface area contributed by atoms with Crippen molar-refractivity contribution >= 4 is 0 Å². The van der Waals surface area contributed by atoms with E-state index in [2.05, 4.69) is 4.89 Å². The Hall–Kier alpha value is -2.12. The SMILES string of the molecule is OCCOO.[Rf].[Rf]. The van der Waals surface area contributed by atoms with Crippen molar-refractivity contribution in [1.29, 1.82) is 0 Å². The monoisotopic (exact) mass is 612 g/mol. The number of hydrogen-bond donors (Lipinski definition) is 2. The molecule has 5 heteroatoms. The van der Waals surface area contributed by atoms with Crippen molar-refractivity contribution in [2.24, 2.45) is 0 Å². The molecule has 0 aromatic rings. The molecule has 0 aliphatic heterocycles. The summed E-state index contributed by atoms with van der Waals surface area (Å²) in [6, 6.07) is 0. The van der Waals surface area contributed by atoms with Gasteiger partial charge in [-0.3, -0.25) is 5.26 Å². The Morgan fingerprint density at radius 3 is 1.71 bits per heavy atom. The van der Waals surface area contributed by atoms with Crippen LogP contribution in [0.25, 0.3) is 0 Å². The molecule has 2 N–H and O–H groups in total. The number of hydrogen-bond acceptors (Lipinski definition) is 3. The second-order valence-electron chi connectivity index (χ2n) is 0.557. The van der Waals surface area contributed by atoms with Gasteiger partial charge in [-0.05, 0) is 0 Å². The van der Waals surface area contributed by atoms with Gasteiger partial charge in [0.1, 0.15) is 6.61 Å². The Balaban J connectivity index is -0.0000000800. The minimum absolute atomic E-state index is 0. The zero-order valence-electron chi connectivity index (χ0n) is 4.13. The van der Waals surface area contributed by atoms with Crippen molar-refractivity contribution in [3.8, 4) is 0 Å². The van der Waals surface area contributed by atoms with Gasteiger partial charge < -0.3 is 5.11 Å². The maximum absolute atomic E-state index is 7.78. The molecule has 7 heavy (non-hydrogen) atoms. The zero-order chi connectivity index (χ0) is 4.12. The summed E-state index contributed by atoms with van der Waals surface area (Å²) >= 11 is 0. The van der Waals surface area contributed by atoms with E-state index in [1.165, 1.54) is 0 Å². The summed E-state index contributed by atoms with van der Waals surface area (Å²) in [6.45, 7) is -0.128. The third-order valence-corrected chi connectivity index (χ3v) is 0.183. The van der Waals surface area contributed by atoms with Crippen LogP contribution >= 0.6 is 0 Å². The molecule has 0 bridgehead atoms. The van der Waals surface area contributed by atoms with Crippen LogP contribution in [0.1, 0.15) is 0 Å². The van der Waals surface area contributed by atoms with Gasteiger partial charge in [0, 0.05) is 0 Å². The van der Waals surface area contributed by atoms with Crippen molar-refractivity contribution in [2.75, 3.05) is 13.2 Å². The number of rotatable bonds is 2. The van der Waals surface area contributed by atoms with Gasteiger partial charge in [0.2, 0.25) is 0 Å². The third kappa shape index (κ3) is 952. The first-order chi connectivity index (χ1) is 2.41. The molecule has 36 valence electrons. The van der Waals surface area contributed by atoms with Crippen molar-refractivity contribution in [3.05, 3.63) is 0 Å². The standard InChI is InChI=1S/C2H6O3.2Rf/c3-1-2-5-4;;/h3-4H,1-2H2;;. The van der Waals surface area contributed by atoms with Crippen LogP contribution in [-0.2, 0) is 4.89 Å². The minimum Gasteiger partial charge on any atom is -0.394 e. The van der Waals surface area contributed by atoms with Crippen molar-refractivity contribution in [1.82, 2.24) is 0 Å². The Kier molecular flexibility index (Phi) is 123. The third-order valence-electron chi connectivity index (χ3n) is 0.183. The molecule has 0 unspecified atom stereocenters. The van der Waals surface area contributed by atoms with E-state index in [9.17, 15) is 0 Å². The Bertz CT molecular complexity index is 18.4. The number of aliphatic hydroxyl groups excluding tert-OH is 1. The Morgan fingerprint density at radius 2 is 1.71 bits per heavy atom. The molecule has 3 nitrogen and oxygen atoms in total. The quantitative estimate of drug-likeness (QED) is 0.326. The normalized spacial score (nSPS) is 6.00. The van der Waals surface area contributed by atoms with Gasteiger partial charge >= 0.3 is 0 Å². The fourth-order valence-corrected chi connectivity index (χ4v) is 0.0408. The van der Waals surface area contributed by atoms with Crippen molar-refractivity contribution in [3.63, 3.8) is 0 Å². The summed E-state index contributed by atoms with van der Waals surface area (Å²) in [7, 11) is 0. The smallest absolute Gasteiger partial charge is 0.105 e. The van der Waals surface area contributed by atoms with Gasteiger partial charge in [0.15, 0.2) is 0 Å². The molecule has 0 aliphatic rings. The molecular weight excluding hydrogens is 606 g/mol. The zero-order valence-corrected chi connectivity index (χ0v) is 16.9. The molecule has 0 atom stereocenters. The van der Waals surface area contributed by atoms with Crippen LogP contribution in [0.5, 0.6) is 0 Å². The average molecular weight is 612 g/mol. The van der Waals surface area contributed by atoms with Gasteiger partial charge in [-0.15, -0.1) is 0 Å². The topological polar surface area (TPSA) is 49.7 Å². The van der Waals surface area contributed by atoms with Crippen LogP contribution in [0.2, 0.25) is 0 Å². The first kappa shape index (κ1) is 20.8. The fraction of sp³-hybridized carbons (Fsp3) is 1.00. The van der Waals surface area contributed by atoms with Crippen LogP contribution in [0.15, 0.2) is 0 Å². The van der Waals surface area contributed by atoms with Crippen molar-refractivity contribution < 1.29 is 15.3 Å². The van der Waals surface area contributed by atoms with Gasteiger partial charge in [-0.1, -0.05) is 0 Å². The molecule has 0 radical (unpaired) electrons. The van der Waals surface area contributed by atoms with Gasteiger partial charge in [0.05, 0.1) is 6.61 Å². The average Bonchev–Trinajstić information content (AvgIpc) is 1.41. The Labute approximate surface area is 29.7 Å². The summed E-state index contributed by atoms with van der Waals surface area (Å²) in [5, 5.41) is 15.2. The predicted octanol–water partition coefficient (Wildman–Crippen LogP) is -0.532. The van der Waals surface area contributed by atoms with E-state index < -0.39 is 0 Å². The van der Waals surface area contributed by atoms with E-state index in [0.717, 1.165) is 0 Å². The van der Waals surface area contributed by atoms with Crippen LogP contribution < -0.4 is 0 Å². The summed E-state index contributed by atoms with van der Waals surface area (Å²) in [5.41, 5.74) is 0. The van der Waals surface area contributed by atoms with Crippen LogP contribution in [0, 0.1) is 0 Å². The second-order valence-corrected chi connectivity index (χ2v) is 0.557. The van der Waals surface area contributed by atoms with Crippen LogP contribution in [0.4, 0.5) is 0 Å². The first-order valence-electron chi connectivity index (χ1n) is 1.29. The molecule has 0 aromatic carbocycles. The van der Waals surface area contributed by atoms with E-state index in [4.69, 9.17) is 10.4 Å². The van der Waals surface area contributed by atoms with Crippen LogP contribution in [0.3, 0.4) is 0 Å². The van der Waals surface area contributed by atoms with Gasteiger partial charge in [-0.2, -0.15) is 0 Å². The predicted molar refractivity (Wildman–Crippen MR) is 15.7 cm³/mol. The van der Waals surface area contributed by atoms with Crippen molar-refractivity contribution in [2.45, 2.75) is 0 Å². The number of aliphatic hydroxyl groups is 1. The van der Waals surface area contributed by atoms with E-state index in [-0.39, 0.29) is 13.2 Å². The van der Waals surface area contributed by atoms with E-state index >= 15 is 0 Å². The van der Waals surface area contributed by atoms with Gasteiger partial charge in [0.25, 0.3) is 0 Å². The van der Waals surface area contributed by atoms with E-state index in [1.807, 2.05) is 0 Å². The fourth-order valence-electron chi connectivity index (χ4n) is 0.0408. The molecule has 0 aromatic heterocycles. The molecule has 0 fully saturated rings. The summed E-state index contributed by atoms with van der Waals surface area (Å²) in [4.78, 5) is 3.44. The first-order valence-corrected chi connectivity index (χ1v) is 1.29. The Morgan fingerprint density at radius 1 is 1.29 bits per heavy atom.